The molecule has 0 radical (unpaired) electrons. The number of halogens is 2. The fourth-order valence-corrected chi connectivity index (χ4v) is 2.98. The fraction of sp³-hybridized carbons (Fsp3) is 0.190. The minimum Gasteiger partial charge on any atom is -0.494 e. The number of nitrogens with one attached hydrogen (secondary N) is 1. The molecule has 10 heteroatoms. The fourth-order valence-electron chi connectivity index (χ4n) is 2.59. The summed E-state index contributed by atoms with van der Waals surface area (Å²) >= 11 is 12.3. The molecule has 0 saturated heterocycles. The van der Waals surface area contributed by atoms with E-state index in [2.05, 4.69) is 10.3 Å². The molecule has 0 saturated carbocycles. The molecule has 0 bridgehead atoms. The van der Waals surface area contributed by atoms with Crippen molar-refractivity contribution in [3.8, 4) is 17.0 Å². The SMILES string of the molecule is CCOc1ccc(-c2cnc(NCc3cccc(Cl)c3Cl)n2C)cc1.O=C(O)C(=O)O. The molecule has 1 aromatic heterocycles. The van der Waals surface area contributed by atoms with Crippen LogP contribution in [0.1, 0.15) is 12.5 Å². The van der Waals surface area contributed by atoms with Crippen LogP contribution in [0.5, 0.6) is 5.75 Å². The van der Waals surface area contributed by atoms with Crippen LogP contribution in [0.2, 0.25) is 10.0 Å². The average molecular weight is 466 g/mol. The van der Waals surface area contributed by atoms with Crippen LogP contribution < -0.4 is 10.1 Å². The number of hydrogen-bond donors (Lipinski definition) is 3. The highest BCUT2D eigenvalue weighted by Crippen LogP contribution is 2.27. The molecule has 0 spiro atoms. The molecule has 0 aliphatic carbocycles. The molecule has 1 heterocycles. The summed E-state index contributed by atoms with van der Waals surface area (Å²) in [5.41, 5.74) is 3.02. The highest BCUT2D eigenvalue weighted by atomic mass is 35.5. The molecular weight excluding hydrogens is 445 g/mol. The van der Waals surface area contributed by atoms with Gasteiger partial charge in [-0.3, -0.25) is 0 Å². The molecular formula is C21H21Cl2N3O5. The normalized spacial score (nSPS) is 10.1. The first kappa shape index (κ1) is 24.0. The summed E-state index contributed by atoms with van der Waals surface area (Å²) in [5, 5.41) is 19.2. The molecule has 0 aliphatic heterocycles. The van der Waals surface area contributed by atoms with E-state index in [9.17, 15) is 0 Å². The number of benzene rings is 2. The number of hydrogen-bond acceptors (Lipinski definition) is 5. The lowest BCUT2D eigenvalue weighted by molar-refractivity contribution is -0.159. The van der Waals surface area contributed by atoms with Gasteiger partial charge >= 0.3 is 11.9 Å². The Labute approximate surface area is 189 Å². The van der Waals surface area contributed by atoms with Gasteiger partial charge < -0.3 is 24.8 Å². The van der Waals surface area contributed by atoms with E-state index in [0.717, 1.165) is 28.5 Å². The summed E-state index contributed by atoms with van der Waals surface area (Å²) in [7, 11) is 1.97. The Kier molecular flexibility index (Phi) is 8.72. The molecule has 31 heavy (non-hydrogen) atoms. The lowest BCUT2D eigenvalue weighted by Crippen LogP contribution is -2.09. The first-order chi connectivity index (χ1) is 14.7. The summed E-state index contributed by atoms with van der Waals surface area (Å²) in [4.78, 5) is 22.7. The van der Waals surface area contributed by atoms with Gasteiger partial charge in [0, 0.05) is 19.2 Å². The van der Waals surface area contributed by atoms with Crippen LogP contribution in [0.3, 0.4) is 0 Å². The van der Waals surface area contributed by atoms with Crippen LogP contribution in [0, 0.1) is 0 Å². The number of carboxylic acids is 2. The maximum absolute atomic E-state index is 9.10. The van der Waals surface area contributed by atoms with E-state index in [4.69, 9.17) is 47.7 Å². The Morgan fingerprint density at radius 3 is 2.32 bits per heavy atom. The van der Waals surface area contributed by atoms with Gasteiger partial charge in [-0.25, -0.2) is 14.6 Å². The second kappa shape index (κ2) is 11.2. The molecule has 164 valence electrons. The van der Waals surface area contributed by atoms with Crippen molar-refractivity contribution in [3.63, 3.8) is 0 Å². The van der Waals surface area contributed by atoms with Crippen molar-refractivity contribution < 1.29 is 24.5 Å². The third-order valence-corrected chi connectivity index (χ3v) is 4.96. The van der Waals surface area contributed by atoms with E-state index in [1.165, 1.54) is 0 Å². The molecule has 3 N–H and O–H groups in total. The number of aliphatic carboxylic acids is 2. The smallest absolute Gasteiger partial charge is 0.414 e. The van der Waals surface area contributed by atoms with Crippen molar-refractivity contribution >= 4 is 41.1 Å². The Hall–Kier alpha value is -3.23. The lowest BCUT2D eigenvalue weighted by Gasteiger charge is -2.10. The standard InChI is InChI=1S/C19H19Cl2N3O.C2H2O4/c1-3-25-15-9-7-13(8-10-15)17-12-23-19(24(17)2)22-11-14-5-4-6-16(20)18(14)21;3-1(4)2(5)6/h4-10,12H,3,11H2,1-2H3,(H,22,23);(H,3,4)(H,5,6). The highest BCUT2D eigenvalue weighted by molar-refractivity contribution is 6.42. The zero-order chi connectivity index (χ0) is 23.0. The molecule has 0 amide bonds. The van der Waals surface area contributed by atoms with Gasteiger partial charge in [0.1, 0.15) is 5.75 Å². The Morgan fingerprint density at radius 2 is 1.74 bits per heavy atom. The summed E-state index contributed by atoms with van der Waals surface area (Å²) in [6, 6.07) is 13.6. The van der Waals surface area contributed by atoms with E-state index in [0.29, 0.717) is 23.2 Å². The van der Waals surface area contributed by atoms with Crippen molar-refractivity contribution in [3.05, 3.63) is 64.3 Å². The molecule has 0 aliphatic rings. The summed E-state index contributed by atoms with van der Waals surface area (Å²) in [6.45, 7) is 3.18. The summed E-state index contributed by atoms with van der Waals surface area (Å²) in [6.07, 6.45) is 1.84. The first-order valence-electron chi connectivity index (χ1n) is 9.12. The second-order valence-electron chi connectivity index (χ2n) is 6.16. The van der Waals surface area contributed by atoms with Gasteiger partial charge in [-0.15, -0.1) is 0 Å². The van der Waals surface area contributed by atoms with E-state index >= 15 is 0 Å². The number of imidazole rings is 1. The largest absolute Gasteiger partial charge is 0.494 e. The number of anilines is 1. The maximum atomic E-state index is 9.10. The van der Waals surface area contributed by atoms with Gasteiger partial charge in [-0.05, 0) is 42.8 Å². The van der Waals surface area contributed by atoms with Crippen molar-refractivity contribution in [2.24, 2.45) is 7.05 Å². The maximum Gasteiger partial charge on any atom is 0.414 e. The second-order valence-corrected chi connectivity index (χ2v) is 6.95. The summed E-state index contributed by atoms with van der Waals surface area (Å²) < 4.78 is 7.49. The molecule has 0 fully saturated rings. The molecule has 3 rings (SSSR count). The number of aromatic nitrogens is 2. The molecule has 3 aromatic rings. The molecule has 2 aromatic carbocycles. The Bertz CT molecular complexity index is 1040. The number of nitrogens with zero attached hydrogens (tertiary/aromatic N) is 2. The molecule has 0 unspecified atom stereocenters. The predicted octanol–water partition coefficient (Wildman–Crippen LogP) is 4.56. The van der Waals surface area contributed by atoms with E-state index < -0.39 is 11.9 Å². The Morgan fingerprint density at radius 1 is 1.10 bits per heavy atom. The van der Waals surface area contributed by atoms with Gasteiger partial charge in [0.05, 0.1) is 28.5 Å². The highest BCUT2D eigenvalue weighted by Gasteiger charge is 2.10. The average Bonchev–Trinajstić information content (AvgIpc) is 3.11. The van der Waals surface area contributed by atoms with E-state index in [1.807, 2.05) is 61.1 Å². The van der Waals surface area contributed by atoms with Crippen LogP contribution in [0.4, 0.5) is 5.95 Å². The third kappa shape index (κ3) is 6.63. The van der Waals surface area contributed by atoms with Crippen molar-refractivity contribution in [1.82, 2.24) is 9.55 Å². The van der Waals surface area contributed by atoms with Gasteiger partial charge in [0.15, 0.2) is 0 Å². The predicted molar refractivity (Wildman–Crippen MR) is 119 cm³/mol. The zero-order valence-corrected chi connectivity index (χ0v) is 18.3. The minimum absolute atomic E-state index is 0.549. The van der Waals surface area contributed by atoms with Crippen molar-refractivity contribution in [2.45, 2.75) is 13.5 Å². The van der Waals surface area contributed by atoms with Gasteiger partial charge in [0.2, 0.25) is 5.95 Å². The van der Waals surface area contributed by atoms with Crippen molar-refractivity contribution in [1.29, 1.82) is 0 Å². The molecule has 8 nitrogen and oxygen atoms in total. The van der Waals surface area contributed by atoms with Crippen LogP contribution in [0.25, 0.3) is 11.3 Å². The van der Waals surface area contributed by atoms with E-state index in [-0.39, 0.29) is 0 Å². The quantitative estimate of drug-likeness (QED) is 0.457. The Balaban J connectivity index is 0.000000501. The van der Waals surface area contributed by atoms with Crippen LogP contribution in [-0.4, -0.2) is 38.3 Å². The molecule has 0 atom stereocenters. The number of carboxylic acid groups (broad SMARTS) is 2. The lowest BCUT2D eigenvalue weighted by atomic mass is 10.1. The van der Waals surface area contributed by atoms with Gasteiger partial charge in [-0.1, -0.05) is 35.3 Å². The number of rotatable bonds is 6. The van der Waals surface area contributed by atoms with Crippen LogP contribution >= 0.6 is 23.2 Å². The van der Waals surface area contributed by atoms with Gasteiger partial charge in [0.25, 0.3) is 0 Å². The number of ether oxygens (including phenoxy) is 1. The number of carbonyl (C=O) groups is 2. The monoisotopic (exact) mass is 465 g/mol. The third-order valence-electron chi connectivity index (χ3n) is 4.10. The first-order valence-corrected chi connectivity index (χ1v) is 9.88. The van der Waals surface area contributed by atoms with Gasteiger partial charge in [-0.2, -0.15) is 0 Å². The zero-order valence-electron chi connectivity index (χ0n) is 16.8. The topological polar surface area (TPSA) is 114 Å². The van der Waals surface area contributed by atoms with Crippen molar-refractivity contribution in [2.75, 3.05) is 11.9 Å². The van der Waals surface area contributed by atoms with Crippen LogP contribution in [-0.2, 0) is 23.2 Å². The van der Waals surface area contributed by atoms with E-state index in [1.54, 1.807) is 6.07 Å². The van der Waals surface area contributed by atoms with Crippen LogP contribution in [0.15, 0.2) is 48.7 Å². The summed E-state index contributed by atoms with van der Waals surface area (Å²) in [5.74, 6) is -2.02. The minimum atomic E-state index is -1.82.